The van der Waals surface area contributed by atoms with E-state index in [1.807, 2.05) is 0 Å². The van der Waals surface area contributed by atoms with Crippen LogP contribution in [0.5, 0.6) is 0 Å². The van der Waals surface area contributed by atoms with Crippen molar-refractivity contribution in [2.75, 3.05) is 20.1 Å². The van der Waals surface area contributed by atoms with Crippen LogP contribution in [-0.4, -0.2) is 37.1 Å². The van der Waals surface area contributed by atoms with Gasteiger partial charge in [-0.1, -0.05) is 26.7 Å². The summed E-state index contributed by atoms with van der Waals surface area (Å²) in [6.45, 7) is 7.19. The van der Waals surface area contributed by atoms with Gasteiger partial charge in [-0.2, -0.15) is 0 Å². The number of nitrogens with zero attached hydrogens (tertiary/aromatic N) is 1. The summed E-state index contributed by atoms with van der Waals surface area (Å²) in [4.78, 5) is 2.59. The minimum Gasteiger partial charge on any atom is -0.312 e. The molecule has 15 heavy (non-hydrogen) atoms. The Morgan fingerprint density at radius 2 is 1.93 bits per heavy atom. The number of nitrogens with one attached hydrogen (secondary N) is 1. The number of fused-ring (bicyclic) bond motifs is 1. The van der Waals surface area contributed by atoms with Gasteiger partial charge in [0, 0.05) is 25.2 Å². The summed E-state index contributed by atoms with van der Waals surface area (Å²) in [7, 11) is 2.31. The van der Waals surface area contributed by atoms with Crippen LogP contribution >= 0.6 is 0 Å². The van der Waals surface area contributed by atoms with Crippen molar-refractivity contribution in [3.8, 4) is 0 Å². The van der Waals surface area contributed by atoms with Crippen LogP contribution in [0.15, 0.2) is 0 Å². The molecule has 2 rings (SSSR count). The molecule has 0 bridgehead atoms. The highest BCUT2D eigenvalue weighted by atomic mass is 15.2. The van der Waals surface area contributed by atoms with E-state index in [2.05, 4.69) is 31.1 Å². The first-order valence-electron chi connectivity index (χ1n) is 6.62. The molecule has 0 radical (unpaired) electrons. The molecule has 1 N–H and O–H groups in total. The van der Waals surface area contributed by atoms with Crippen molar-refractivity contribution in [3.63, 3.8) is 0 Å². The lowest BCUT2D eigenvalue weighted by Gasteiger charge is -2.32. The first-order valence-corrected chi connectivity index (χ1v) is 6.62. The van der Waals surface area contributed by atoms with Crippen LogP contribution in [-0.2, 0) is 0 Å². The van der Waals surface area contributed by atoms with Crippen molar-refractivity contribution in [1.29, 1.82) is 0 Å². The predicted octanol–water partition coefficient (Wildman–Crippen LogP) is 2.10. The van der Waals surface area contributed by atoms with Crippen LogP contribution in [0, 0.1) is 11.8 Å². The zero-order valence-electron chi connectivity index (χ0n) is 10.5. The summed E-state index contributed by atoms with van der Waals surface area (Å²) in [5, 5.41) is 3.80. The van der Waals surface area contributed by atoms with Gasteiger partial charge in [0.2, 0.25) is 0 Å². The maximum absolute atomic E-state index is 3.80. The quantitative estimate of drug-likeness (QED) is 0.713. The van der Waals surface area contributed by atoms with E-state index >= 15 is 0 Å². The van der Waals surface area contributed by atoms with Gasteiger partial charge in [0.25, 0.3) is 0 Å². The highest BCUT2D eigenvalue weighted by Crippen LogP contribution is 2.28. The first-order chi connectivity index (χ1) is 7.18. The van der Waals surface area contributed by atoms with Gasteiger partial charge >= 0.3 is 0 Å². The number of rotatable bonds is 1. The Hall–Kier alpha value is -0.0800. The van der Waals surface area contributed by atoms with Gasteiger partial charge < -0.3 is 10.2 Å². The molecule has 0 aromatic rings. The fourth-order valence-corrected chi connectivity index (χ4v) is 3.37. The van der Waals surface area contributed by atoms with Gasteiger partial charge in [0.05, 0.1) is 0 Å². The number of hydrogen-bond acceptors (Lipinski definition) is 2. The van der Waals surface area contributed by atoms with Gasteiger partial charge in [0.1, 0.15) is 0 Å². The fraction of sp³-hybridized carbons (Fsp3) is 1.00. The number of likely N-dealkylation sites (N-methyl/N-ethyl adjacent to an activating group) is 1. The Labute approximate surface area is 94.4 Å². The second-order valence-electron chi connectivity index (χ2n) is 5.81. The molecule has 2 fully saturated rings. The second-order valence-corrected chi connectivity index (χ2v) is 5.81. The minimum atomic E-state index is 0.732. The summed E-state index contributed by atoms with van der Waals surface area (Å²) in [5.74, 6) is 1.68. The molecule has 0 aromatic carbocycles. The van der Waals surface area contributed by atoms with Gasteiger partial charge in [-0.05, 0) is 31.7 Å². The van der Waals surface area contributed by atoms with Gasteiger partial charge in [-0.3, -0.25) is 0 Å². The zero-order valence-corrected chi connectivity index (χ0v) is 10.5. The van der Waals surface area contributed by atoms with Crippen molar-refractivity contribution in [1.82, 2.24) is 10.2 Å². The Morgan fingerprint density at radius 1 is 1.20 bits per heavy atom. The Balaban J connectivity index is 2.01. The molecule has 2 aliphatic rings. The maximum atomic E-state index is 3.80. The van der Waals surface area contributed by atoms with E-state index in [1.165, 1.54) is 38.8 Å². The summed E-state index contributed by atoms with van der Waals surface area (Å²) in [5.41, 5.74) is 0. The third kappa shape index (κ3) is 2.54. The van der Waals surface area contributed by atoms with Gasteiger partial charge in [-0.15, -0.1) is 0 Å². The third-order valence-corrected chi connectivity index (χ3v) is 4.36. The van der Waals surface area contributed by atoms with Gasteiger partial charge in [0.15, 0.2) is 0 Å². The van der Waals surface area contributed by atoms with Gasteiger partial charge in [-0.25, -0.2) is 0 Å². The van der Waals surface area contributed by atoms with Crippen LogP contribution in [0.25, 0.3) is 0 Å². The topological polar surface area (TPSA) is 15.3 Å². The third-order valence-electron chi connectivity index (χ3n) is 4.36. The summed E-state index contributed by atoms with van der Waals surface area (Å²) < 4.78 is 0. The van der Waals surface area contributed by atoms with Crippen LogP contribution < -0.4 is 5.32 Å². The van der Waals surface area contributed by atoms with E-state index in [0.717, 1.165) is 23.9 Å². The van der Waals surface area contributed by atoms with E-state index in [4.69, 9.17) is 0 Å². The smallest absolute Gasteiger partial charge is 0.0240 e. The van der Waals surface area contributed by atoms with E-state index in [-0.39, 0.29) is 0 Å². The molecular formula is C13H26N2. The Kier molecular flexibility index (Phi) is 3.68. The average molecular weight is 210 g/mol. The monoisotopic (exact) mass is 210 g/mol. The molecule has 1 aliphatic carbocycles. The standard InChI is InChI=1S/C13H26N2/c1-10(2)13-8-14-12-7-5-4-6-11(12)9-15(13)3/h10-14H,4-9H2,1-3H3/t11?,12?,13-/m1/s1. The lowest BCUT2D eigenvalue weighted by atomic mass is 9.84. The molecule has 1 aliphatic heterocycles. The van der Waals surface area contributed by atoms with Crippen LogP contribution in [0.2, 0.25) is 0 Å². The second kappa shape index (κ2) is 4.84. The molecule has 2 nitrogen and oxygen atoms in total. The van der Waals surface area contributed by atoms with Crippen molar-refractivity contribution in [2.24, 2.45) is 11.8 Å². The Bertz CT molecular complexity index is 203. The molecule has 1 saturated heterocycles. The molecule has 1 heterocycles. The van der Waals surface area contributed by atoms with Crippen LogP contribution in [0.1, 0.15) is 39.5 Å². The van der Waals surface area contributed by atoms with Crippen LogP contribution in [0.4, 0.5) is 0 Å². The molecule has 0 spiro atoms. The van der Waals surface area contributed by atoms with Crippen molar-refractivity contribution < 1.29 is 0 Å². The average Bonchev–Trinajstić information content (AvgIpc) is 2.35. The molecule has 1 saturated carbocycles. The highest BCUT2D eigenvalue weighted by Gasteiger charge is 2.32. The van der Waals surface area contributed by atoms with E-state index in [1.54, 1.807) is 0 Å². The lowest BCUT2D eigenvalue weighted by Crippen LogP contribution is -2.41. The molecule has 0 amide bonds. The molecule has 88 valence electrons. The molecule has 2 unspecified atom stereocenters. The first kappa shape index (κ1) is 11.4. The van der Waals surface area contributed by atoms with Crippen molar-refractivity contribution in [3.05, 3.63) is 0 Å². The summed E-state index contributed by atoms with van der Waals surface area (Å²) in [6.07, 6.45) is 5.73. The summed E-state index contributed by atoms with van der Waals surface area (Å²) in [6, 6.07) is 1.54. The van der Waals surface area contributed by atoms with E-state index < -0.39 is 0 Å². The predicted molar refractivity (Wildman–Crippen MR) is 65.0 cm³/mol. The normalized spacial score (nSPS) is 38.8. The molecule has 2 heteroatoms. The molecule has 3 atom stereocenters. The van der Waals surface area contributed by atoms with E-state index in [0.29, 0.717) is 0 Å². The molecular weight excluding hydrogens is 184 g/mol. The SMILES string of the molecule is CC(C)[C@H]1CNC2CCCCC2CN1C. The van der Waals surface area contributed by atoms with Crippen molar-refractivity contribution >= 4 is 0 Å². The van der Waals surface area contributed by atoms with E-state index in [9.17, 15) is 0 Å². The van der Waals surface area contributed by atoms with Crippen molar-refractivity contribution in [2.45, 2.75) is 51.6 Å². The van der Waals surface area contributed by atoms with Crippen LogP contribution in [0.3, 0.4) is 0 Å². The fourth-order valence-electron chi connectivity index (χ4n) is 3.37. The largest absolute Gasteiger partial charge is 0.312 e. The lowest BCUT2D eigenvalue weighted by molar-refractivity contribution is 0.174. The Morgan fingerprint density at radius 3 is 2.67 bits per heavy atom. The maximum Gasteiger partial charge on any atom is 0.0240 e. The molecule has 0 aromatic heterocycles. The minimum absolute atomic E-state index is 0.732. The number of hydrogen-bond donors (Lipinski definition) is 1. The highest BCUT2D eigenvalue weighted by molar-refractivity contribution is 4.90. The zero-order chi connectivity index (χ0) is 10.8. The summed E-state index contributed by atoms with van der Waals surface area (Å²) >= 11 is 0.